The quantitative estimate of drug-likeness (QED) is 0.621. The maximum Gasteiger partial charge on any atom is 0.326 e. The molecule has 12 heavy (non-hydrogen) atoms. The second-order valence-electron chi connectivity index (χ2n) is 3.43. The Balaban J connectivity index is 0.000000720. The monoisotopic (exact) mass is 191 g/mol. The van der Waals surface area contributed by atoms with Gasteiger partial charge in [0.1, 0.15) is 5.54 Å². The molecule has 1 aliphatic carbocycles. The largest absolute Gasteiger partial charge is 0.468 e. The van der Waals surface area contributed by atoms with Crippen LogP contribution in [-0.4, -0.2) is 25.2 Å². The molecule has 1 saturated heterocycles. The molecule has 2 rings (SSSR count). The topological polar surface area (TPSA) is 38.3 Å². The standard InChI is InChI=1S/C8H13NO2.ClH/c1-11-7(10)8-5-6(8)3-2-4-9-8;/h6,9H,2-5H2,1H3;1H. The van der Waals surface area contributed by atoms with Gasteiger partial charge in [-0.3, -0.25) is 4.79 Å². The van der Waals surface area contributed by atoms with E-state index in [9.17, 15) is 4.79 Å². The third-order valence-corrected chi connectivity index (χ3v) is 2.82. The molecule has 1 aliphatic heterocycles. The van der Waals surface area contributed by atoms with Crippen molar-refractivity contribution in [3.05, 3.63) is 0 Å². The van der Waals surface area contributed by atoms with E-state index in [0.29, 0.717) is 5.92 Å². The number of esters is 1. The first-order chi connectivity index (χ1) is 5.29. The summed E-state index contributed by atoms with van der Waals surface area (Å²) in [7, 11) is 1.46. The van der Waals surface area contributed by atoms with Crippen LogP contribution in [0.2, 0.25) is 0 Å². The summed E-state index contributed by atoms with van der Waals surface area (Å²) in [4.78, 5) is 11.2. The summed E-state index contributed by atoms with van der Waals surface area (Å²) in [5, 5.41) is 3.25. The van der Waals surface area contributed by atoms with Gasteiger partial charge < -0.3 is 10.1 Å². The summed E-state index contributed by atoms with van der Waals surface area (Å²) in [6, 6.07) is 0. The Hall–Kier alpha value is -0.280. The molecule has 0 aromatic heterocycles. The van der Waals surface area contributed by atoms with E-state index in [-0.39, 0.29) is 23.9 Å². The summed E-state index contributed by atoms with van der Waals surface area (Å²) in [5.41, 5.74) is -0.257. The van der Waals surface area contributed by atoms with Crippen molar-refractivity contribution in [2.24, 2.45) is 5.92 Å². The Morgan fingerprint density at radius 2 is 2.42 bits per heavy atom. The number of carbonyl (C=O) groups is 1. The molecule has 1 heterocycles. The van der Waals surface area contributed by atoms with Gasteiger partial charge in [0.25, 0.3) is 0 Å². The lowest BCUT2D eigenvalue weighted by atomic mass is 10.1. The molecule has 0 amide bonds. The number of hydrogen-bond acceptors (Lipinski definition) is 3. The lowest BCUT2D eigenvalue weighted by Crippen LogP contribution is -2.44. The van der Waals surface area contributed by atoms with E-state index in [4.69, 9.17) is 4.74 Å². The van der Waals surface area contributed by atoms with Gasteiger partial charge in [0, 0.05) is 0 Å². The maximum absolute atomic E-state index is 11.2. The van der Waals surface area contributed by atoms with Gasteiger partial charge in [-0.25, -0.2) is 0 Å². The Bertz CT molecular complexity index is 197. The first-order valence-corrected chi connectivity index (χ1v) is 4.13. The minimum Gasteiger partial charge on any atom is -0.468 e. The van der Waals surface area contributed by atoms with Crippen molar-refractivity contribution in [3.63, 3.8) is 0 Å². The van der Waals surface area contributed by atoms with Gasteiger partial charge in [-0.15, -0.1) is 12.4 Å². The van der Waals surface area contributed by atoms with E-state index < -0.39 is 0 Å². The molecule has 0 spiro atoms. The van der Waals surface area contributed by atoms with Crippen LogP contribution in [0, 0.1) is 5.92 Å². The van der Waals surface area contributed by atoms with E-state index in [0.717, 1.165) is 13.0 Å². The van der Waals surface area contributed by atoms with Gasteiger partial charge in [0.2, 0.25) is 0 Å². The highest BCUT2D eigenvalue weighted by Crippen LogP contribution is 2.49. The molecule has 4 heteroatoms. The van der Waals surface area contributed by atoms with Crippen molar-refractivity contribution in [1.29, 1.82) is 0 Å². The highest BCUT2D eigenvalue weighted by molar-refractivity contribution is 5.85. The van der Waals surface area contributed by atoms with Gasteiger partial charge in [-0.05, 0) is 31.7 Å². The van der Waals surface area contributed by atoms with Crippen LogP contribution >= 0.6 is 12.4 Å². The summed E-state index contributed by atoms with van der Waals surface area (Å²) in [5.74, 6) is 0.492. The zero-order valence-corrected chi connectivity index (χ0v) is 7.95. The number of ether oxygens (including phenoxy) is 1. The number of nitrogens with one attached hydrogen (secondary N) is 1. The molecular weight excluding hydrogens is 178 g/mol. The Labute approximate surface area is 78.3 Å². The number of rotatable bonds is 1. The number of carbonyl (C=O) groups excluding carboxylic acids is 1. The minimum atomic E-state index is -0.257. The lowest BCUT2D eigenvalue weighted by molar-refractivity contribution is -0.145. The van der Waals surface area contributed by atoms with E-state index in [1.54, 1.807) is 0 Å². The number of fused-ring (bicyclic) bond motifs is 1. The number of piperidine rings is 1. The molecule has 2 unspecified atom stereocenters. The van der Waals surface area contributed by atoms with E-state index in [1.807, 2.05) is 0 Å². The Kier molecular flexibility index (Phi) is 2.64. The summed E-state index contributed by atoms with van der Waals surface area (Å²) in [6.45, 7) is 0.964. The first-order valence-electron chi connectivity index (χ1n) is 4.13. The number of halogens is 1. The normalized spacial score (nSPS) is 37.6. The lowest BCUT2D eigenvalue weighted by Gasteiger charge is -2.20. The summed E-state index contributed by atoms with van der Waals surface area (Å²) >= 11 is 0. The molecule has 2 fully saturated rings. The summed E-state index contributed by atoms with van der Waals surface area (Å²) in [6.07, 6.45) is 3.37. The molecule has 3 nitrogen and oxygen atoms in total. The van der Waals surface area contributed by atoms with Crippen LogP contribution in [0.4, 0.5) is 0 Å². The number of hydrogen-bond donors (Lipinski definition) is 1. The molecule has 0 radical (unpaired) electrons. The van der Waals surface area contributed by atoms with Crippen molar-refractivity contribution < 1.29 is 9.53 Å². The van der Waals surface area contributed by atoms with Crippen molar-refractivity contribution >= 4 is 18.4 Å². The van der Waals surface area contributed by atoms with Gasteiger partial charge in [-0.1, -0.05) is 0 Å². The zero-order valence-electron chi connectivity index (χ0n) is 7.13. The van der Waals surface area contributed by atoms with Crippen LogP contribution in [0.3, 0.4) is 0 Å². The predicted molar refractivity (Wildman–Crippen MR) is 47.3 cm³/mol. The fourth-order valence-corrected chi connectivity index (χ4v) is 2.06. The molecule has 0 bridgehead atoms. The highest BCUT2D eigenvalue weighted by Gasteiger charge is 2.61. The molecule has 2 atom stereocenters. The second-order valence-corrected chi connectivity index (χ2v) is 3.43. The van der Waals surface area contributed by atoms with Crippen LogP contribution in [0.15, 0.2) is 0 Å². The minimum absolute atomic E-state index is 0. The van der Waals surface area contributed by atoms with Crippen molar-refractivity contribution in [3.8, 4) is 0 Å². The molecule has 0 aromatic rings. The maximum atomic E-state index is 11.2. The molecule has 2 aliphatic rings. The Morgan fingerprint density at radius 3 is 3.00 bits per heavy atom. The second kappa shape index (κ2) is 3.23. The van der Waals surface area contributed by atoms with Crippen molar-refractivity contribution in [1.82, 2.24) is 5.32 Å². The van der Waals surface area contributed by atoms with Gasteiger partial charge in [-0.2, -0.15) is 0 Å². The van der Waals surface area contributed by atoms with Crippen LogP contribution in [0.25, 0.3) is 0 Å². The molecular formula is C8H14ClNO2. The third-order valence-electron chi connectivity index (χ3n) is 2.82. The van der Waals surface area contributed by atoms with E-state index >= 15 is 0 Å². The van der Waals surface area contributed by atoms with E-state index in [1.165, 1.54) is 20.0 Å². The third kappa shape index (κ3) is 1.21. The average Bonchev–Trinajstić information content (AvgIpc) is 2.78. The van der Waals surface area contributed by atoms with Crippen molar-refractivity contribution in [2.75, 3.05) is 13.7 Å². The fourth-order valence-electron chi connectivity index (χ4n) is 2.06. The zero-order chi connectivity index (χ0) is 7.90. The fraction of sp³-hybridized carbons (Fsp3) is 0.875. The van der Waals surface area contributed by atoms with Crippen LogP contribution in [-0.2, 0) is 9.53 Å². The average molecular weight is 192 g/mol. The Morgan fingerprint density at radius 1 is 1.67 bits per heavy atom. The summed E-state index contributed by atoms with van der Waals surface area (Å²) < 4.78 is 4.73. The number of methoxy groups -OCH3 is 1. The van der Waals surface area contributed by atoms with Crippen LogP contribution < -0.4 is 5.32 Å². The molecule has 70 valence electrons. The first kappa shape index (κ1) is 9.81. The van der Waals surface area contributed by atoms with Gasteiger partial charge in [0.05, 0.1) is 7.11 Å². The highest BCUT2D eigenvalue weighted by atomic mass is 35.5. The van der Waals surface area contributed by atoms with E-state index in [2.05, 4.69) is 5.32 Å². The van der Waals surface area contributed by atoms with Crippen LogP contribution in [0.5, 0.6) is 0 Å². The SMILES string of the molecule is COC(=O)C12CC1CCCN2.Cl. The smallest absolute Gasteiger partial charge is 0.326 e. The molecule has 0 aromatic carbocycles. The van der Waals surface area contributed by atoms with Crippen molar-refractivity contribution in [2.45, 2.75) is 24.8 Å². The van der Waals surface area contributed by atoms with Gasteiger partial charge >= 0.3 is 5.97 Å². The van der Waals surface area contributed by atoms with Gasteiger partial charge in [0.15, 0.2) is 0 Å². The molecule has 1 N–H and O–H groups in total. The molecule has 1 saturated carbocycles. The van der Waals surface area contributed by atoms with Crippen LogP contribution in [0.1, 0.15) is 19.3 Å². The predicted octanol–water partition coefficient (Wildman–Crippen LogP) is 0.723.